The smallest absolute Gasteiger partial charge is 0.434 e. The largest absolute Gasteiger partial charge is 0.473 e. The van der Waals surface area contributed by atoms with Crippen molar-refractivity contribution in [2.75, 3.05) is 19.6 Å². The highest BCUT2D eigenvalue weighted by atomic mass is 19.4. The number of carboxylic acids is 2. The molecule has 0 amide bonds. The molecule has 3 fully saturated rings. The maximum Gasteiger partial charge on any atom is 0.434 e. The summed E-state index contributed by atoms with van der Waals surface area (Å²) >= 11 is 0. The number of halogens is 3. The maximum atomic E-state index is 12.6. The molecule has 1 aromatic heterocycles. The fraction of sp³-hybridized carbons (Fsp3) is 0.571. The second kappa shape index (κ2) is 7.12. The van der Waals surface area contributed by atoms with Crippen molar-refractivity contribution in [1.82, 2.24) is 14.9 Å². The third kappa shape index (κ3) is 4.40. The number of hydrogen-bond donors (Lipinski definition) is 2. The van der Waals surface area contributed by atoms with Crippen molar-refractivity contribution in [1.29, 1.82) is 0 Å². The van der Waals surface area contributed by atoms with E-state index in [1.165, 1.54) is 6.20 Å². The van der Waals surface area contributed by atoms with E-state index in [-0.39, 0.29) is 5.92 Å². The molecular formula is C14H16F3N3O4. The van der Waals surface area contributed by atoms with Gasteiger partial charge in [0.15, 0.2) is 5.69 Å². The molecule has 7 nitrogen and oxygen atoms in total. The summed E-state index contributed by atoms with van der Waals surface area (Å²) in [6.45, 7) is 2.95. The van der Waals surface area contributed by atoms with E-state index in [1.54, 1.807) is 0 Å². The van der Waals surface area contributed by atoms with Crippen LogP contribution in [0.1, 0.15) is 30.1 Å². The number of carboxylic acid groups (broad SMARTS) is 2. The van der Waals surface area contributed by atoms with Gasteiger partial charge in [0.1, 0.15) is 0 Å². The Morgan fingerprint density at radius 3 is 2.12 bits per heavy atom. The van der Waals surface area contributed by atoms with Crippen LogP contribution in [0.3, 0.4) is 0 Å². The fourth-order valence-corrected chi connectivity index (χ4v) is 3.00. The molecular weight excluding hydrogens is 331 g/mol. The highest BCUT2D eigenvalue weighted by Crippen LogP contribution is 2.38. The molecule has 0 spiro atoms. The predicted octanol–water partition coefficient (Wildman–Crippen LogP) is 1.46. The number of carbonyl (C=O) groups is 2. The predicted molar refractivity (Wildman–Crippen MR) is 74.2 cm³/mol. The molecule has 132 valence electrons. The van der Waals surface area contributed by atoms with Gasteiger partial charge in [0.2, 0.25) is 0 Å². The van der Waals surface area contributed by atoms with Gasteiger partial charge >= 0.3 is 18.1 Å². The molecule has 0 radical (unpaired) electrons. The number of alkyl halides is 3. The van der Waals surface area contributed by atoms with Gasteiger partial charge in [-0.25, -0.2) is 14.6 Å². The van der Waals surface area contributed by atoms with E-state index in [9.17, 15) is 13.2 Å². The quantitative estimate of drug-likeness (QED) is 0.741. The second-order valence-corrected chi connectivity index (χ2v) is 5.68. The van der Waals surface area contributed by atoms with Crippen molar-refractivity contribution in [2.24, 2.45) is 5.92 Å². The second-order valence-electron chi connectivity index (χ2n) is 5.68. The number of hydrogen-bond acceptors (Lipinski definition) is 5. The highest BCUT2D eigenvalue weighted by Gasteiger charge is 2.38. The number of aliphatic carboxylic acids is 2. The molecule has 2 bridgehead atoms. The van der Waals surface area contributed by atoms with E-state index in [1.807, 2.05) is 0 Å². The number of aromatic nitrogens is 2. The lowest BCUT2D eigenvalue weighted by Crippen LogP contribution is -2.46. The molecule has 0 aromatic carbocycles. The van der Waals surface area contributed by atoms with Crippen LogP contribution >= 0.6 is 0 Å². The summed E-state index contributed by atoms with van der Waals surface area (Å²) < 4.78 is 37.8. The average molecular weight is 347 g/mol. The summed E-state index contributed by atoms with van der Waals surface area (Å²) in [7, 11) is 0. The van der Waals surface area contributed by atoms with E-state index >= 15 is 0 Å². The van der Waals surface area contributed by atoms with Gasteiger partial charge in [-0.05, 0) is 31.8 Å². The molecule has 0 saturated carbocycles. The zero-order valence-corrected chi connectivity index (χ0v) is 12.5. The molecule has 3 aliphatic heterocycles. The van der Waals surface area contributed by atoms with Gasteiger partial charge in [0, 0.05) is 18.7 Å². The lowest BCUT2D eigenvalue weighted by molar-refractivity contribution is -0.159. The van der Waals surface area contributed by atoms with Crippen molar-refractivity contribution in [2.45, 2.75) is 24.9 Å². The number of fused-ring (bicyclic) bond motifs is 3. The molecule has 2 N–H and O–H groups in total. The highest BCUT2D eigenvalue weighted by molar-refractivity contribution is 6.27. The van der Waals surface area contributed by atoms with Crippen molar-refractivity contribution >= 4 is 11.9 Å². The molecule has 1 aromatic rings. The Kier molecular flexibility index (Phi) is 5.37. The average Bonchev–Trinajstić information content (AvgIpc) is 2.55. The lowest BCUT2D eigenvalue weighted by atomic mass is 9.77. The first-order valence-corrected chi connectivity index (χ1v) is 7.26. The van der Waals surface area contributed by atoms with Gasteiger partial charge in [0.25, 0.3) is 0 Å². The summed E-state index contributed by atoms with van der Waals surface area (Å²) in [5.74, 6) is -3.07. The van der Waals surface area contributed by atoms with Crippen LogP contribution in [0.15, 0.2) is 12.4 Å². The summed E-state index contributed by atoms with van der Waals surface area (Å²) in [5.41, 5.74) is -0.379. The molecule has 10 heteroatoms. The van der Waals surface area contributed by atoms with E-state index < -0.39 is 23.8 Å². The standard InChI is InChI=1S/C12H14F3N3.C2H2O4/c13-12(14,15)11-6-16-5-10(17-11)9-7-18-3-1-8(9)2-4-18;3-1(4)2(5)6/h5-6,8-9H,1-4,7H2;(H,3,4)(H,5,6)/t9-;/m1./s1. The molecule has 1 atom stereocenters. The zero-order chi connectivity index (χ0) is 17.9. The minimum absolute atomic E-state index is 0.113. The summed E-state index contributed by atoms with van der Waals surface area (Å²) in [6.07, 6.45) is -0.00520. The molecule has 0 aliphatic carbocycles. The Labute approximate surface area is 135 Å². The van der Waals surface area contributed by atoms with E-state index in [2.05, 4.69) is 14.9 Å². The van der Waals surface area contributed by atoms with Gasteiger partial charge in [-0.2, -0.15) is 13.2 Å². The van der Waals surface area contributed by atoms with Crippen molar-refractivity contribution in [3.05, 3.63) is 23.8 Å². The van der Waals surface area contributed by atoms with Crippen LogP contribution in [-0.2, 0) is 15.8 Å². The van der Waals surface area contributed by atoms with Crippen LogP contribution in [0.25, 0.3) is 0 Å². The third-order valence-corrected chi connectivity index (χ3v) is 4.16. The lowest BCUT2D eigenvalue weighted by Gasteiger charge is -2.44. The molecule has 4 heterocycles. The molecule has 4 rings (SSSR count). The maximum absolute atomic E-state index is 12.6. The van der Waals surface area contributed by atoms with Crippen LogP contribution in [0, 0.1) is 5.92 Å². The first kappa shape index (κ1) is 18.1. The van der Waals surface area contributed by atoms with Crippen LogP contribution in [0.4, 0.5) is 13.2 Å². The van der Waals surface area contributed by atoms with Gasteiger partial charge in [0.05, 0.1) is 11.9 Å². The number of piperidine rings is 3. The number of rotatable bonds is 1. The summed E-state index contributed by atoms with van der Waals surface area (Å²) in [4.78, 5) is 28.0. The first-order valence-electron chi connectivity index (χ1n) is 7.26. The van der Waals surface area contributed by atoms with E-state index in [0.29, 0.717) is 11.6 Å². The van der Waals surface area contributed by atoms with Crippen LogP contribution < -0.4 is 0 Å². The molecule has 3 saturated heterocycles. The van der Waals surface area contributed by atoms with Crippen LogP contribution in [0.2, 0.25) is 0 Å². The Morgan fingerprint density at radius 1 is 1.12 bits per heavy atom. The van der Waals surface area contributed by atoms with Crippen molar-refractivity contribution in [3.8, 4) is 0 Å². The van der Waals surface area contributed by atoms with Crippen molar-refractivity contribution < 1.29 is 33.0 Å². The SMILES string of the molecule is FC(F)(F)c1cncc([C@@H]2CN3CCC2CC3)n1.O=C(O)C(=O)O. The molecule has 0 unspecified atom stereocenters. The minimum atomic E-state index is -4.41. The Balaban J connectivity index is 0.000000301. The van der Waals surface area contributed by atoms with Gasteiger partial charge < -0.3 is 15.1 Å². The Bertz CT molecular complexity index is 604. The molecule has 3 aliphatic rings. The first-order chi connectivity index (χ1) is 11.2. The minimum Gasteiger partial charge on any atom is -0.473 e. The fourth-order valence-electron chi connectivity index (χ4n) is 3.00. The van der Waals surface area contributed by atoms with Crippen LogP contribution in [0.5, 0.6) is 0 Å². The normalized spacial score (nSPS) is 25.5. The topological polar surface area (TPSA) is 104 Å². The van der Waals surface area contributed by atoms with Crippen molar-refractivity contribution in [3.63, 3.8) is 0 Å². The van der Waals surface area contributed by atoms with Crippen LogP contribution in [-0.4, -0.2) is 56.7 Å². The summed E-state index contributed by atoms with van der Waals surface area (Å²) in [5, 5.41) is 14.8. The Hall–Kier alpha value is -2.23. The van der Waals surface area contributed by atoms with Gasteiger partial charge in [-0.1, -0.05) is 0 Å². The Morgan fingerprint density at radius 2 is 1.71 bits per heavy atom. The zero-order valence-electron chi connectivity index (χ0n) is 12.5. The van der Waals surface area contributed by atoms with Gasteiger partial charge in [-0.3, -0.25) is 4.98 Å². The van der Waals surface area contributed by atoms with E-state index in [4.69, 9.17) is 19.8 Å². The third-order valence-electron chi connectivity index (χ3n) is 4.16. The van der Waals surface area contributed by atoms with Gasteiger partial charge in [-0.15, -0.1) is 0 Å². The number of nitrogens with zero attached hydrogens (tertiary/aromatic N) is 3. The monoisotopic (exact) mass is 347 g/mol. The summed E-state index contributed by atoms with van der Waals surface area (Å²) in [6, 6.07) is 0. The molecule has 24 heavy (non-hydrogen) atoms. The van der Waals surface area contributed by atoms with E-state index in [0.717, 1.165) is 38.7 Å².